The van der Waals surface area contributed by atoms with Crippen molar-refractivity contribution in [1.29, 1.82) is 0 Å². The second kappa shape index (κ2) is 3.55. The van der Waals surface area contributed by atoms with Crippen LogP contribution >= 0.6 is 0 Å². The molecule has 19 heavy (non-hydrogen) atoms. The van der Waals surface area contributed by atoms with E-state index in [1.165, 1.54) is 10.8 Å². The number of aromatic nitrogens is 1. The molecule has 0 radical (unpaired) electrons. The van der Waals surface area contributed by atoms with Crippen molar-refractivity contribution in [3.05, 3.63) is 52.8 Å². The zero-order chi connectivity index (χ0) is 13.7. The maximum absolute atomic E-state index is 12.2. The lowest BCUT2D eigenvalue weighted by Crippen LogP contribution is -2.10. The third kappa shape index (κ3) is 1.33. The third-order valence-electron chi connectivity index (χ3n) is 3.07. The fraction of sp³-hybridized carbons (Fsp3) is 0. The first-order chi connectivity index (χ1) is 9.02. The molecule has 1 aromatic heterocycles. The number of aromatic carboxylic acids is 2. The fourth-order valence-electron chi connectivity index (χ4n) is 2.30. The van der Waals surface area contributed by atoms with Gasteiger partial charge in [0.25, 0.3) is 0 Å². The van der Waals surface area contributed by atoms with Crippen molar-refractivity contribution in [2.24, 2.45) is 0 Å². The number of nitrogens with zero attached hydrogens (tertiary/aromatic N) is 1. The number of benzene rings is 1. The SMILES string of the molecule is O=C(O)c1cn2c(c1C(=O)O)C(=O)c1ccccc1-2. The standard InChI is InChI=1S/C13H7NO5/c15-11-6-3-1-2-4-8(6)14-5-7(12(16)17)9(10(11)14)13(18)19/h1-5H,(H,16,17)(H,18,19). The lowest BCUT2D eigenvalue weighted by molar-refractivity contribution is 0.0651. The molecule has 0 spiro atoms. The van der Waals surface area contributed by atoms with Crippen LogP contribution in [0.1, 0.15) is 36.8 Å². The molecule has 94 valence electrons. The summed E-state index contributed by atoms with van der Waals surface area (Å²) in [6.45, 7) is 0. The first kappa shape index (κ1) is 11.2. The Bertz CT molecular complexity index is 756. The van der Waals surface area contributed by atoms with Crippen molar-refractivity contribution in [1.82, 2.24) is 4.57 Å². The second-order valence-electron chi connectivity index (χ2n) is 4.09. The van der Waals surface area contributed by atoms with Crippen molar-refractivity contribution in [3.63, 3.8) is 0 Å². The molecule has 0 bridgehead atoms. The Hall–Kier alpha value is -2.89. The van der Waals surface area contributed by atoms with Crippen molar-refractivity contribution in [2.45, 2.75) is 0 Å². The number of para-hydroxylation sites is 1. The monoisotopic (exact) mass is 257 g/mol. The van der Waals surface area contributed by atoms with Gasteiger partial charge < -0.3 is 14.8 Å². The molecule has 0 atom stereocenters. The van der Waals surface area contributed by atoms with Crippen molar-refractivity contribution >= 4 is 17.7 Å². The van der Waals surface area contributed by atoms with Gasteiger partial charge in [-0.3, -0.25) is 4.79 Å². The summed E-state index contributed by atoms with van der Waals surface area (Å²) in [5.74, 6) is -3.27. The van der Waals surface area contributed by atoms with Crippen LogP contribution in [-0.4, -0.2) is 32.5 Å². The summed E-state index contributed by atoms with van der Waals surface area (Å²) in [4.78, 5) is 34.4. The fourth-order valence-corrected chi connectivity index (χ4v) is 2.30. The number of carbonyl (C=O) groups excluding carboxylic acids is 1. The zero-order valence-corrected chi connectivity index (χ0v) is 9.45. The maximum Gasteiger partial charge on any atom is 0.338 e. The van der Waals surface area contributed by atoms with Crippen LogP contribution in [0.4, 0.5) is 0 Å². The number of fused-ring (bicyclic) bond motifs is 3. The number of carboxylic acids is 2. The molecule has 6 heteroatoms. The van der Waals surface area contributed by atoms with E-state index in [0.717, 1.165) is 0 Å². The first-order valence-corrected chi connectivity index (χ1v) is 5.38. The van der Waals surface area contributed by atoms with Crippen molar-refractivity contribution in [2.75, 3.05) is 0 Å². The predicted octanol–water partition coefficient (Wildman–Crippen LogP) is 1.42. The Labute approximate surface area is 106 Å². The van der Waals surface area contributed by atoms with E-state index in [1.807, 2.05) is 0 Å². The molecule has 3 rings (SSSR count). The lowest BCUT2D eigenvalue weighted by atomic mass is 10.0. The highest BCUT2D eigenvalue weighted by atomic mass is 16.4. The van der Waals surface area contributed by atoms with Gasteiger partial charge in [-0.1, -0.05) is 12.1 Å². The number of rotatable bonds is 2. The molecule has 2 aromatic rings. The third-order valence-corrected chi connectivity index (χ3v) is 3.07. The van der Waals surface area contributed by atoms with E-state index in [0.29, 0.717) is 11.3 Å². The number of hydrogen-bond acceptors (Lipinski definition) is 3. The van der Waals surface area contributed by atoms with Gasteiger partial charge in [0, 0.05) is 11.8 Å². The van der Waals surface area contributed by atoms with E-state index in [1.54, 1.807) is 24.3 Å². The van der Waals surface area contributed by atoms with Gasteiger partial charge in [-0.2, -0.15) is 0 Å². The molecule has 1 aliphatic rings. The van der Waals surface area contributed by atoms with E-state index in [2.05, 4.69) is 0 Å². The van der Waals surface area contributed by atoms with E-state index < -0.39 is 23.3 Å². The maximum atomic E-state index is 12.2. The summed E-state index contributed by atoms with van der Waals surface area (Å²) >= 11 is 0. The molecule has 0 aliphatic carbocycles. The molecule has 6 nitrogen and oxygen atoms in total. The molecule has 1 aliphatic heterocycles. The molecule has 1 aromatic carbocycles. The van der Waals surface area contributed by atoms with E-state index in [4.69, 9.17) is 10.2 Å². The Morgan fingerprint density at radius 3 is 2.37 bits per heavy atom. The number of hydrogen-bond donors (Lipinski definition) is 2. The molecule has 0 fully saturated rings. The minimum atomic E-state index is -1.42. The average molecular weight is 257 g/mol. The van der Waals surface area contributed by atoms with Gasteiger partial charge in [0.05, 0.1) is 11.3 Å². The Morgan fingerprint density at radius 1 is 1.05 bits per heavy atom. The van der Waals surface area contributed by atoms with Crippen LogP contribution in [0.3, 0.4) is 0 Å². The van der Waals surface area contributed by atoms with Crippen molar-refractivity contribution < 1.29 is 24.6 Å². The van der Waals surface area contributed by atoms with Crippen LogP contribution < -0.4 is 0 Å². The molecular formula is C13H7NO5. The quantitative estimate of drug-likeness (QED) is 0.723. The summed E-state index contributed by atoms with van der Waals surface area (Å²) in [6, 6.07) is 6.58. The Kier molecular flexibility index (Phi) is 2.10. The van der Waals surface area contributed by atoms with Gasteiger partial charge >= 0.3 is 11.9 Å². The summed E-state index contributed by atoms with van der Waals surface area (Å²) < 4.78 is 1.32. The van der Waals surface area contributed by atoms with E-state index in [-0.39, 0.29) is 11.3 Å². The van der Waals surface area contributed by atoms with Crippen LogP contribution in [-0.2, 0) is 0 Å². The minimum Gasteiger partial charge on any atom is -0.478 e. The first-order valence-electron chi connectivity index (χ1n) is 5.38. The van der Waals surface area contributed by atoms with Crippen LogP contribution in [0.2, 0.25) is 0 Å². The van der Waals surface area contributed by atoms with Crippen LogP contribution in [0.25, 0.3) is 5.69 Å². The molecule has 0 amide bonds. The zero-order valence-electron chi connectivity index (χ0n) is 9.45. The molecular weight excluding hydrogens is 250 g/mol. The molecule has 0 saturated carbocycles. The van der Waals surface area contributed by atoms with Crippen LogP contribution in [0.15, 0.2) is 30.5 Å². The van der Waals surface area contributed by atoms with Crippen molar-refractivity contribution in [3.8, 4) is 5.69 Å². The number of carboxylic acid groups (broad SMARTS) is 2. The normalized spacial score (nSPS) is 12.1. The largest absolute Gasteiger partial charge is 0.478 e. The second-order valence-corrected chi connectivity index (χ2v) is 4.09. The van der Waals surface area contributed by atoms with Gasteiger partial charge in [0.2, 0.25) is 5.78 Å². The summed E-state index contributed by atoms with van der Waals surface area (Å²) in [7, 11) is 0. The summed E-state index contributed by atoms with van der Waals surface area (Å²) in [5, 5.41) is 18.2. The van der Waals surface area contributed by atoms with E-state index >= 15 is 0 Å². The van der Waals surface area contributed by atoms with Crippen LogP contribution in [0, 0.1) is 0 Å². The smallest absolute Gasteiger partial charge is 0.338 e. The number of ketones is 1. The molecule has 0 unspecified atom stereocenters. The average Bonchev–Trinajstić information content (AvgIpc) is 2.88. The highest BCUT2D eigenvalue weighted by molar-refractivity contribution is 6.20. The Balaban J connectivity index is 2.39. The predicted molar refractivity (Wildman–Crippen MR) is 63.1 cm³/mol. The van der Waals surface area contributed by atoms with Gasteiger partial charge in [0.1, 0.15) is 11.3 Å². The van der Waals surface area contributed by atoms with Gasteiger partial charge in [-0.05, 0) is 12.1 Å². The summed E-state index contributed by atoms with van der Waals surface area (Å²) in [6.07, 6.45) is 1.17. The van der Waals surface area contributed by atoms with E-state index in [9.17, 15) is 14.4 Å². The molecule has 2 heterocycles. The lowest BCUT2D eigenvalue weighted by Gasteiger charge is -1.98. The highest BCUT2D eigenvalue weighted by Gasteiger charge is 2.36. The molecule has 2 N–H and O–H groups in total. The summed E-state index contributed by atoms with van der Waals surface area (Å²) in [5.41, 5.74) is -0.0837. The minimum absolute atomic E-state index is 0.105. The molecule has 0 saturated heterocycles. The highest BCUT2D eigenvalue weighted by Crippen LogP contribution is 2.32. The Morgan fingerprint density at radius 2 is 1.74 bits per heavy atom. The van der Waals surface area contributed by atoms with Gasteiger partial charge in [-0.15, -0.1) is 0 Å². The van der Waals surface area contributed by atoms with Gasteiger partial charge in [0.15, 0.2) is 0 Å². The van der Waals surface area contributed by atoms with Crippen LogP contribution in [0.5, 0.6) is 0 Å². The number of carbonyl (C=O) groups is 3. The van der Waals surface area contributed by atoms with Gasteiger partial charge in [-0.25, -0.2) is 9.59 Å². The topological polar surface area (TPSA) is 96.6 Å².